The number of hydrogen-bond acceptors (Lipinski definition) is 5. The summed E-state index contributed by atoms with van der Waals surface area (Å²) in [5, 5.41) is 12.0. The normalized spacial score (nSPS) is 17.6. The van der Waals surface area contributed by atoms with E-state index in [0.29, 0.717) is 23.8 Å². The Morgan fingerprint density at radius 2 is 2.12 bits per heavy atom. The first-order valence-corrected chi connectivity index (χ1v) is 8.48. The van der Waals surface area contributed by atoms with Gasteiger partial charge in [0.1, 0.15) is 11.6 Å². The molecule has 1 unspecified atom stereocenters. The summed E-state index contributed by atoms with van der Waals surface area (Å²) in [7, 11) is 0. The van der Waals surface area contributed by atoms with E-state index < -0.39 is 11.9 Å². The van der Waals surface area contributed by atoms with Gasteiger partial charge in [0.05, 0.1) is 12.2 Å². The van der Waals surface area contributed by atoms with Crippen LogP contribution in [-0.2, 0) is 9.53 Å². The number of nitrogens with one attached hydrogen (secondary N) is 1. The van der Waals surface area contributed by atoms with Crippen LogP contribution in [0.1, 0.15) is 37.0 Å². The number of anilines is 1. The van der Waals surface area contributed by atoms with Crippen molar-refractivity contribution in [3.05, 3.63) is 41.6 Å². The number of hydrogen-bond donors (Lipinski definition) is 1. The van der Waals surface area contributed by atoms with Gasteiger partial charge in [0.2, 0.25) is 0 Å². The average Bonchev–Trinajstić information content (AvgIpc) is 2.60. The number of carbonyl (C=O) groups excluding carboxylic acids is 2. The van der Waals surface area contributed by atoms with Crippen LogP contribution in [0.3, 0.4) is 0 Å². The first kappa shape index (κ1) is 18.5. The summed E-state index contributed by atoms with van der Waals surface area (Å²) in [5.74, 6) is -0.301. The molecule has 0 aliphatic carbocycles. The zero-order chi connectivity index (χ0) is 18.2. The Hall–Kier alpha value is -2.81. The van der Waals surface area contributed by atoms with Crippen LogP contribution in [-0.4, -0.2) is 36.5 Å². The van der Waals surface area contributed by atoms with Gasteiger partial charge in [0.15, 0.2) is 0 Å². The Kier molecular flexibility index (Phi) is 6.58. The SMILES string of the molecule is CCOC(=O)c1ccc(NC(=O)/C(C#N)=C\N2CCCC(C)C2)cc1. The maximum Gasteiger partial charge on any atom is 0.338 e. The van der Waals surface area contributed by atoms with Gasteiger partial charge in [0.25, 0.3) is 5.91 Å². The van der Waals surface area contributed by atoms with Crippen molar-refractivity contribution in [2.75, 3.05) is 25.0 Å². The minimum Gasteiger partial charge on any atom is -0.462 e. The number of nitriles is 1. The molecule has 0 aromatic heterocycles. The molecule has 25 heavy (non-hydrogen) atoms. The number of amides is 1. The molecule has 0 bridgehead atoms. The number of likely N-dealkylation sites (tertiary alicyclic amines) is 1. The minimum absolute atomic E-state index is 0.0727. The molecule has 1 N–H and O–H groups in total. The highest BCUT2D eigenvalue weighted by atomic mass is 16.5. The number of rotatable bonds is 5. The van der Waals surface area contributed by atoms with E-state index in [1.54, 1.807) is 37.4 Å². The highest BCUT2D eigenvalue weighted by Crippen LogP contribution is 2.17. The second-order valence-corrected chi connectivity index (χ2v) is 6.15. The predicted octanol–water partition coefficient (Wildman–Crippen LogP) is 2.94. The van der Waals surface area contributed by atoms with Gasteiger partial charge in [-0.3, -0.25) is 4.79 Å². The molecule has 1 aliphatic heterocycles. The summed E-state index contributed by atoms with van der Waals surface area (Å²) in [5.41, 5.74) is 1.01. The maximum absolute atomic E-state index is 12.3. The van der Waals surface area contributed by atoms with Crippen LogP contribution in [0.5, 0.6) is 0 Å². The lowest BCUT2D eigenvalue weighted by molar-refractivity contribution is -0.112. The van der Waals surface area contributed by atoms with Gasteiger partial charge >= 0.3 is 5.97 Å². The van der Waals surface area contributed by atoms with Crippen molar-refractivity contribution in [3.63, 3.8) is 0 Å². The zero-order valence-corrected chi connectivity index (χ0v) is 14.6. The monoisotopic (exact) mass is 341 g/mol. The van der Waals surface area contributed by atoms with Crippen LogP contribution in [0.4, 0.5) is 5.69 Å². The summed E-state index contributed by atoms with van der Waals surface area (Å²) in [6.07, 6.45) is 3.87. The van der Waals surface area contributed by atoms with E-state index in [1.165, 1.54) is 6.42 Å². The van der Waals surface area contributed by atoms with Crippen molar-refractivity contribution >= 4 is 17.6 Å². The summed E-state index contributed by atoms with van der Waals surface area (Å²) in [4.78, 5) is 25.9. The second kappa shape index (κ2) is 8.88. The molecule has 1 saturated heterocycles. The fraction of sp³-hybridized carbons (Fsp3) is 0.421. The van der Waals surface area contributed by atoms with Gasteiger partial charge in [-0.15, -0.1) is 0 Å². The fourth-order valence-corrected chi connectivity index (χ4v) is 2.77. The lowest BCUT2D eigenvalue weighted by Gasteiger charge is -2.29. The zero-order valence-electron chi connectivity index (χ0n) is 14.6. The summed E-state index contributed by atoms with van der Waals surface area (Å²) in [6, 6.07) is 8.35. The molecular formula is C19H23N3O3. The molecule has 0 spiro atoms. The molecule has 1 fully saturated rings. The first-order chi connectivity index (χ1) is 12.0. The van der Waals surface area contributed by atoms with Crippen molar-refractivity contribution in [2.24, 2.45) is 5.92 Å². The standard InChI is InChI=1S/C19H23N3O3/c1-3-25-19(24)15-6-8-17(9-7-15)21-18(23)16(11-20)13-22-10-4-5-14(2)12-22/h6-9,13-14H,3-5,10,12H2,1-2H3,(H,21,23)/b16-13-. The number of carbonyl (C=O) groups is 2. The van der Waals surface area contributed by atoms with Crippen molar-refractivity contribution in [2.45, 2.75) is 26.7 Å². The number of nitrogens with zero attached hydrogens (tertiary/aromatic N) is 2. The number of benzene rings is 1. The van der Waals surface area contributed by atoms with Crippen LogP contribution in [0.15, 0.2) is 36.0 Å². The molecule has 6 heteroatoms. The van der Waals surface area contributed by atoms with Crippen LogP contribution in [0, 0.1) is 17.2 Å². The van der Waals surface area contributed by atoms with Crippen molar-refractivity contribution in [1.82, 2.24) is 4.90 Å². The van der Waals surface area contributed by atoms with Gasteiger partial charge in [-0.05, 0) is 49.9 Å². The molecule has 0 saturated carbocycles. The van der Waals surface area contributed by atoms with E-state index in [0.717, 1.165) is 19.5 Å². The molecule has 0 radical (unpaired) electrons. The third-order valence-corrected chi connectivity index (χ3v) is 4.02. The molecule has 1 aromatic rings. The number of ether oxygens (including phenoxy) is 1. The molecule has 2 rings (SSSR count). The minimum atomic E-state index is -0.454. The highest BCUT2D eigenvalue weighted by molar-refractivity contribution is 6.06. The molecule has 1 aliphatic rings. The lowest BCUT2D eigenvalue weighted by atomic mass is 10.0. The van der Waals surface area contributed by atoms with Crippen molar-refractivity contribution < 1.29 is 14.3 Å². The van der Waals surface area contributed by atoms with Gasteiger partial charge in [-0.1, -0.05) is 6.92 Å². The Balaban J connectivity index is 2.02. The first-order valence-electron chi connectivity index (χ1n) is 8.48. The van der Waals surface area contributed by atoms with E-state index in [1.807, 2.05) is 11.0 Å². The van der Waals surface area contributed by atoms with Crippen molar-refractivity contribution in [3.8, 4) is 6.07 Å². The third kappa shape index (κ3) is 5.35. The third-order valence-electron chi connectivity index (χ3n) is 4.02. The van der Waals surface area contributed by atoms with Gasteiger partial charge < -0.3 is 15.0 Å². The quantitative estimate of drug-likeness (QED) is 0.506. The Morgan fingerprint density at radius 3 is 2.72 bits per heavy atom. The van der Waals surface area contributed by atoms with Crippen LogP contribution in [0.2, 0.25) is 0 Å². The molecule has 132 valence electrons. The average molecular weight is 341 g/mol. The van der Waals surface area contributed by atoms with E-state index in [-0.39, 0.29) is 5.57 Å². The van der Waals surface area contributed by atoms with E-state index in [2.05, 4.69) is 12.2 Å². The van der Waals surface area contributed by atoms with Gasteiger partial charge in [-0.2, -0.15) is 5.26 Å². The number of piperidine rings is 1. The van der Waals surface area contributed by atoms with Crippen LogP contribution < -0.4 is 5.32 Å². The number of esters is 1. The summed E-state index contributed by atoms with van der Waals surface area (Å²) >= 11 is 0. The maximum atomic E-state index is 12.3. The van der Waals surface area contributed by atoms with Crippen molar-refractivity contribution in [1.29, 1.82) is 5.26 Å². The van der Waals surface area contributed by atoms with E-state index >= 15 is 0 Å². The van der Waals surface area contributed by atoms with E-state index in [4.69, 9.17) is 4.74 Å². The molecule has 6 nitrogen and oxygen atoms in total. The lowest BCUT2D eigenvalue weighted by Crippen LogP contribution is -2.31. The van der Waals surface area contributed by atoms with E-state index in [9.17, 15) is 14.9 Å². The predicted molar refractivity (Wildman–Crippen MR) is 94.7 cm³/mol. The topological polar surface area (TPSA) is 82.4 Å². The van der Waals surface area contributed by atoms with Crippen LogP contribution >= 0.6 is 0 Å². The fourth-order valence-electron chi connectivity index (χ4n) is 2.77. The Labute approximate surface area is 148 Å². The second-order valence-electron chi connectivity index (χ2n) is 6.15. The Morgan fingerprint density at radius 1 is 1.40 bits per heavy atom. The highest BCUT2D eigenvalue weighted by Gasteiger charge is 2.17. The molecule has 1 amide bonds. The Bertz CT molecular complexity index is 689. The molecule has 1 aromatic carbocycles. The van der Waals surface area contributed by atoms with Gasteiger partial charge in [0, 0.05) is 25.0 Å². The van der Waals surface area contributed by atoms with Gasteiger partial charge in [-0.25, -0.2) is 4.79 Å². The summed E-state index contributed by atoms with van der Waals surface area (Å²) < 4.78 is 4.91. The van der Waals surface area contributed by atoms with Crippen LogP contribution in [0.25, 0.3) is 0 Å². The summed E-state index contributed by atoms with van der Waals surface area (Å²) in [6.45, 7) is 5.93. The molecule has 1 heterocycles. The molecule has 1 atom stereocenters. The largest absolute Gasteiger partial charge is 0.462 e. The smallest absolute Gasteiger partial charge is 0.338 e. The molecular weight excluding hydrogens is 318 g/mol.